The summed E-state index contributed by atoms with van der Waals surface area (Å²) in [5, 5.41) is 15.5. The lowest BCUT2D eigenvalue weighted by molar-refractivity contribution is 0.601. The van der Waals surface area contributed by atoms with Crippen molar-refractivity contribution >= 4 is 38.9 Å². The summed E-state index contributed by atoms with van der Waals surface area (Å²) in [7, 11) is -3.90. The van der Waals surface area contributed by atoms with E-state index in [9.17, 15) is 13.7 Å². The molecule has 2 heterocycles. The lowest BCUT2D eigenvalue weighted by atomic mass is 10.2. The van der Waals surface area contributed by atoms with Crippen LogP contribution in [0.15, 0.2) is 83.9 Å². The number of aryl methyl sites for hydroxylation is 1. The highest BCUT2D eigenvalue weighted by Crippen LogP contribution is 2.23. The molecule has 0 radical (unpaired) electrons. The van der Waals surface area contributed by atoms with Crippen molar-refractivity contribution in [2.24, 2.45) is 0 Å². The number of hydrogen-bond acceptors (Lipinski definition) is 8. The van der Waals surface area contributed by atoms with Gasteiger partial charge in [0.1, 0.15) is 34.2 Å². The molecule has 33 heavy (non-hydrogen) atoms. The van der Waals surface area contributed by atoms with E-state index >= 15 is 0 Å². The Hall–Kier alpha value is -4.49. The molecule has 0 aliphatic carbocycles. The molecule has 0 bridgehead atoms. The average Bonchev–Trinajstić information content (AvgIpc) is 2.80. The highest BCUT2D eigenvalue weighted by atomic mass is 32.2. The second-order valence-electron chi connectivity index (χ2n) is 6.94. The second kappa shape index (κ2) is 9.33. The summed E-state index contributed by atoms with van der Waals surface area (Å²) >= 11 is 0. The molecule has 0 atom stereocenters. The lowest BCUT2D eigenvalue weighted by Gasteiger charge is -2.12. The maximum absolute atomic E-state index is 12.7. The number of benzene rings is 2. The molecule has 0 fully saturated rings. The third kappa shape index (κ3) is 5.41. The molecule has 2 aromatic heterocycles. The summed E-state index contributed by atoms with van der Waals surface area (Å²) < 4.78 is 27.8. The van der Waals surface area contributed by atoms with Gasteiger partial charge in [-0.2, -0.15) is 5.26 Å². The van der Waals surface area contributed by atoms with E-state index < -0.39 is 10.0 Å². The molecule has 0 unspecified atom stereocenters. The summed E-state index contributed by atoms with van der Waals surface area (Å²) in [5.74, 6) is 2.39. The Bertz CT molecular complexity index is 1420. The summed E-state index contributed by atoms with van der Waals surface area (Å²) in [6, 6.07) is 21.9. The van der Waals surface area contributed by atoms with Crippen LogP contribution in [-0.2, 0) is 10.0 Å². The second-order valence-corrected chi connectivity index (χ2v) is 8.59. The van der Waals surface area contributed by atoms with Crippen molar-refractivity contribution in [1.29, 1.82) is 5.26 Å². The van der Waals surface area contributed by atoms with Crippen LogP contribution in [0.25, 0.3) is 0 Å². The first-order valence-corrected chi connectivity index (χ1v) is 11.3. The quantitative estimate of drug-likeness (QED) is 0.373. The largest absolute Gasteiger partial charge is 0.340 e. The zero-order valence-corrected chi connectivity index (χ0v) is 18.3. The monoisotopic (exact) mass is 457 g/mol. The maximum Gasteiger partial charge on any atom is 0.263 e. The first-order valence-electron chi connectivity index (χ1n) is 9.86. The van der Waals surface area contributed by atoms with Gasteiger partial charge in [0.05, 0.1) is 5.56 Å². The zero-order valence-electron chi connectivity index (χ0n) is 17.5. The van der Waals surface area contributed by atoms with Crippen molar-refractivity contribution in [1.82, 2.24) is 15.0 Å². The van der Waals surface area contributed by atoms with Crippen LogP contribution in [-0.4, -0.2) is 23.4 Å². The SMILES string of the molecule is Cc1nc(Nc2ccc(NS(=O)(=O)c3ccccc3C#N)cc2)cc(Nc2ccccn2)n1. The first-order chi connectivity index (χ1) is 15.9. The molecule has 164 valence electrons. The van der Waals surface area contributed by atoms with Crippen LogP contribution in [0.5, 0.6) is 0 Å². The molecule has 4 aromatic rings. The van der Waals surface area contributed by atoms with Gasteiger partial charge < -0.3 is 10.6 Å². The number of pyridine rings is 1. The Balaban J connectivity index is 1.48. The number of nitriles is 1. The van der Waals surface area contributed by atoms with E-state index in [1.54, 1.807) is 55.6 Å². The molecule has 2 aromatic carbocycles. The zero-order chi connectivity index (χ0) is 23.3. The van der Waals surface area contributed by atoms with E-state index in [1.165, 1.54) is 12.1 Å². The van der Waals surface area contributed by atoms with E-state index in [2.05, 4.69) is 30.3 Å². The van der Waals surface area contributed by atoms with Crippen molar-refractivity contribution in [2.45, 2.75) is 11.8 Å². The van der Waals surface area contributed by atoms with E-state index in [4.69, 9.17) is 0 Å². The Morgan fingerprint density at radius 2 is 1.48 bits per heavy atom. The van der Waals surface area contributed by atoms with Gasteiger partial charge in [0, 0.05) is 23.6 Å². The minimum Gasteiger partial charge on any atom is -0.340 e. The fourth-order valence-corrected chi connectivity index (χ4v) is 4.25. The summed E-state index contributed by atoms with van der Waals surface area (Å²) in [6.07, 6.45) is 1.68. The molecule has 3 N–H and O–H groups in total. The average molecular weight is 458 g/mol. The maximum atomic E-state index is 12.7. The summed E-state index contributed by atoms with van der Waals surface area (Å²) in [4.78, 5) is 12.9. The fraction of sp³-hybridized carbons (Fsp3) is 0.0435. The Kier molecular flexibility index (Phi) is 6.15. The van der Waals surface area contributed by atoms with Crippen LogP contribution in [0.4, 0.5) is 28.8 Å². The van der Waals surface area contributed by atoms with Crippen molar-refractivity contribution in [3.05, 3.63) is 90.4 Å². The fourth-order valence-electron chi connectivity index (χ4n) is 3.04. The molecule has 0 saturated carbocycles. The molecule has 4 rings (SSSR count). The number of rotatable bonds is 7. The standard InChI is InChI=1S/C23H19N7O2S/c1-16-26-22(14-23(27-16)29-21-8-4-5-13-25-21)28-18-9-11-19(12-10-18)30-33(31,32)20-7-3-2-6-17(20)15-24/h2-14,30H,1H3,(H2,25,26,27,28,29). The molecule has 9 nitrogen and oxygen atoms in total. The van der Waals surface area contributed by atoms with Crippen molar-refractivity contribution < 1.29 is 8.42 Å². The van der Waals surface area contributed by atoms with E-state index in [-0.39, 0.29) is 10.5 Å². The van der Waals surface area contributed by atoms with Gasteiger partial charge in [0.25, 0.3) is 10.0 Å². The number of anilines is 5. The molecular weight excluding hydrogens is 438 g/mol. The minimum absolute atomic E-state index is 0.0703. The minimum atomic E-state index is -3.90. The van der Waals surface area contributed by atoms with Crippen LogP contribution >= 0.6 is 0 Å². The summed E-state index contributed by atoms with van der Waals surface area (Å²) in [5.41, 5.74) is 1.15. The lowest BCUT2D eigenvalue weighted by Crippen LogP contribution is -2.14. The number of nitrogens with zero attached hydrogens (tertiary/aromatic N) is 4. The molecule has 0 amide bonds. The predicted molar refractivity (Wildman–Crippen MR) is 126 cm³/mol. The van der Waals surface area contributed by atoms with E-state index in [1.807, 2.05) is 24.3 Å². The number of nitrogens with one attached hydrogen (secondary N) is 3. The van der Waals surface area contributed by atoms with Gasteiger partial charge in [0.15, 0.2) is 0 Å². The molecule has 0 spiro atoms. The van der Waals surface area contributed by atoms with Crippen LogP contribution in [0.2, 0.25) is 0 Å². The van der Waals surface area contributed by atoms with E-state index in [0.29, 0.717) is 34.7 Å². The normalized spacial score (nSPS) is 10.8. The predicted octanol–water partition coefficient (Wildman–Crippen LogP) is 4.34. The molecular formula is C23H19N7O2S. The number of sulfonamides is 1. The van der Waals surface area contributed by atoms with Crippen molar-refractivity contribution in [3.8, 4) is 6.07 Å². The van der Waals surface area contributed by atoms with Gasteiger partial charge in [-0.1, -0.05) is 18.2 Å². The van der Waals surface area contributed by atoms with Gasteiger partial charge in [-0.15, -0.1) is 0 Å². The number of aromatic nitrogens is 3. The van der Waals surface area contributed by atoms with Crippen LogP contribution in [0.1, 0.15) is 11.4 Å². The van der Waals surface area contributed by atoms with Gasteiger partial charge in [-0.05, 0) is 55.5 Å². The van der Waals surface area contributed by atoms with Crippen LogP contribution < -0.4 is 15.4 Å². The first kappa shape index (κ1) is 21.7. The van der Waals surface area contributed by atoms with Gasteiger partial charge in [-0.3, -0.25) is 4.72 Å². The Morgan fingerprint density at radius 3 is 2.18 bits per heavy atom. The third-order valence-electron chi connectivity index (χ3n) is 4.47. The van der Waals surface area contributed by atoms with Crippen LogP contribution in [0.3, 0.4) is 0 Å². The molecule has 0 aliphatic rings. The Labute approximate surface area is 191 Å². The topological polar surface area (TPSA) is 133 Å². The third-order valence-corrected chi connectivity index (χ3v) is 5.90. The highest BCUT2D eigenvalue weighted by Gasteiger charge is 2.18. The van der Waals surface area contributed by atoms with Crippen LogP contribution in [0, 0.1) is 18.3 Å². The van der Waals surface area contributed by atoms with Crippen molar-refractivity contribution in [2.75, 3.05) is 15.4 Å². The Morgan fingerprint density at radius 1 is 0.818 bits per heavy atom. The molecule has 10 heteroatoms. The smallest absolute Gasteiger partial charge is 0.263 e. The van der Waals surface area contributed by atoms with E-state index in [0.717, 1.165) is 0 Å². The number of hydrogen-bond donors (Lipinski definition) is 3. The summed E-state index contributed by atoms with van der Waals surface area (Å²) in [6.45, 7) is 1.78. The van der Waals surface area contributed by atoms with Gasteiger partial charge >= 0.3 is 0 Å². The van der Waals surface area contributed by atoms with Gasteiger partial charge in [0.2, 0.25) is 0 Å². The van der Waals surface area contributed by atoms with Crippen molar-refractivity contribution in [3.63, 3.8) is 0 Å². The molecule has 0 saturated heterocycles. The highest BCUT2D eigenvalue weighted by molar-refractivity contribution is 7.92. The van der Waals surface area contributed by atoms with Gasteiger partial charge in [-0.25, -0.2) is 23.4 Å². The molecule has 0 aliphatic heterocycles.